The molecule has 5 nitrogen and oxygen atoms in total. The van der Waals surface area contributed by atoms with Crippen LogP contribution in [0.4, 0.5) is 5.82 Å². The monoisotopic (exact) mass is 432 g/mol. The summed E-state index contributed by atoms with van der Waals surface area (Å²) in [6.45, 7) is 0. The second-order valence-corrected chi connectivity index (χ2v) is 6.98. The molecule has 138 valence electrons. The van der Waals surface area contributed by atoms with Crippen molar-refractivity contribution in [2.24, 2.45) is 5.10 Å². The standard InChI is InChI=1S/C22H17BrN4O/c1-28-18-12-6-15(7-13-18)14-24-27-22-19-4-2-3-5-20(19)25-21(26-22)16-8-10-17(23)11-9-16/h2-14H,1H3,(H,25,26,27)/b24-14+. The van der Waals surface area contributed by atoms with E-state index in [0.29, 0.717) is 11.6 Å². The first-order valence-corrected chi connectivity index (χ1v) is 9.48. The maximum Gasteiger partial charge on any atom is 0.162 e. The van der Waals surface area contributed by atoms with Crippen molar-refractivity contribution in [2.75, 3.05) is 12.5 Å². The Morgan fingerprint density at radius 3 is 2.43 bits per heavy atom. The van der Waals surface area contributed by atoms with Gasteiger partial charge in [-0.05, 0) is 54.1 Å². The van der Waals surface area contributed by atoms with Gasteiger partial charge in [0.05, 0.1) is 18.8 Å². The molecule has 1 aromatic heterocycles. The highest BCUT2D eigenvalue weighted by molar-refractivity contribution is 9.10. The van der Waals surface area contributed by atoms with Gasteiger partial charge in [-0.2, -0.15) is 5.10 Å². The molecule has 0 amide bonds. The van der Waals surface area contributed by atoms with Gasteiger partial charge in [0.15, 0.2) is 11.6 Å². The van der Waals surface area contributed by atoms with E-state index in [-0.39, 0.29) is 0 Å². The lowest BCUT2D eigenvalue weighted by Gasteiger charge is -2.08. The van der Waals surface area contributed by atoms with E-state index in [0.717, 1.165) is 32.3 Å². The van der Waals surface area contributed by atoms with Crippen LogP contribution in [0.5, 0.6) is 5.75 Å². The third-order valence-electron chi connectivity index (χ3n) is 4.21. The van der Waals surface area contributed by atoms with Gasteiger partial charge in [-0.15, -0.1) is 0 Å². The zero-order valence-corrected chi connectivity index (χ0v) is 16.7. The Bertz CT molecular complexity index is 1130. The SMILES string of the molecule is COc1ccc(/C=N/Nc2nc(-c3ccc(Br)cc3)nc3ccccc23)cc1. The van der Waals surface area contributed by atoms with Gasteiger partial charge in [0, 0.05) is 15.4 Å². The fraction of sp³-hybridized carbons (Fsp3) is 0.0455. The van der Waals surface area contributed by atoms with Crippen molar-refractivity contribution >= 4 is 38.9 Å². The summed E-state index contributed by atoms with van der Waals surface area (Å²) in [5.41, 5.74) is 5.82. The second-order valence-electron chi connectivity index (χ2n) is 6.06. The first kappa shape index (κ1) is 18.1. The van der Waals surface area contributed by atoms with Gasteiger partial charge in [-0.3, -0.25) is 5.43 Å². The van der Waals surface area contributed by atoms with E-state index >= 15 is 0 Å². The molecule has 28 heavy (non-hydrogen) atoms. The van der Waals surface area contributed by atoms with Crippen LogP contribution in [0.15, 0.2) is 82.4 Å². The molecule has 3 aromatic carbocycles. The van der Waals surface area contributed by atoms with E-state index in [1.807, 2.05) is 72.8 Å². The van der Waals surface area contributed by atoms with Crippen LogP contribution in [0.3, 0.4) is 0 Å². The molecule has 0 bridgehead atoms. The molecule has 0 unspecified atom stereocenters. The van der Waals surface area contributed by atoms with Gasteiger partial charge in [0.25, 0.3) is 0 Å². The average Bonchev–Trinajstić information content (AvgIpc) is 2.74. The molecular formula is C22H17BrN4O. The molecule has 0 saturated carbocycles. The van der Waals surface area contributed by atoms with Crippen LogP contribution >= 0.6 is 15.9 Å². The number of halogens is 1. The maximum atomic E-state index is 5.17. The molecule has 0 saturated heterocycles. The number of rotatable bonds is 5. The van der Waals surface area contributed by atoms with Crippen molar-refractivity contribution in [1.29, 1.82) is 0 Å². The van der Waals surface area contributed by atoms with Crippen molar-refractivity contribution < 1.29 is 4.74 Å². The van der Waals surface area contributed by atoms with Gasteiger partial charge in [0.1, 0.15) is 5.75 Å². The number of fused-ring (bicyclic) bond motifs is 1. The molecule has 4 rings (SSSR count). The largest absolute Gasteiger partial charge is 0.497 e. The van der Waals surface area contributed by atoms with Crippen molar-refractivity contribution in [3.05, 3.63) is 82.8 Å². The lowest BCUT2D eigenvalue weighted by atomic mass is 10.2. The Balaban J connectivity index is 1.66. The molecule has 0 aliphatic heterocycles. The first-order valence-electron chi connectivity index (χ1n) is 8.69. The number of para-hydroxylation sites is 1. The maximum absolute atomic E-state index is 5.17. The van der Waals surface area contributed by atoms with E-state index in [1.54, 1.807) is 13.3 Å². The first-order chi connectivity index (χ1) is 13.7. The Hall–Kier alpha value is -3.25. The number of anilines is 1. The number of benzene rings is 3. The highest BCUT2D eigenvalue weighted by atomic mass is 79.9. The predicted molar refractivity (Wildman–Crippen MR) is 117 cm³/mol. The van der Waals surface area contributed by atoms with Crippen molar-refractivity contribution in [3.63, 3.8) is 0 Å². The minimum Gasteiger partial charge on any atom is -0.497 e. The number of methoxy groups -OCH3 is 1. The minimum atomic E-state index is 0.647. The Kier molecular flexibility index (Phi) is 5.30. The number of nitrogens with zero attached hydrogens (tertiary/aromatic N) is 3. The molecule has 4 aromatic rings. The summed E-state index contributed by atoms with van der Waals surface area (Å²) in [6, 6.07) is 23.5. The quantitative estimate of drug-likeness (QED) is 0.333. The number of nitrogens with one attached hydrogen (secondary N) is 1. The summed E-state index contributed by atoms with van der Waals surface area (Å²) < 4.78 is 6.19. The topological polar surface area (TPSA) is 59.4 Å². The van der Waals surface area contributed by atoms with Crippen LogP contribution in [0.2, 0.25) is 0 Å². The molecular weight excluding hydrogens is 416 g/mol. The normalized spacial score (nSPS) is 11.1. The Morgan fingerprint density at radius 2 is 1.68 bits per heavy atom. The minimum absolute atomic E-state index is 0.647. The summed E-state index contributed by atoms with van der Waals surface area (Å²) in [4.78, 5) is 9.38. The summed E-state index contributed by atoms with van der Waals surface area (Å²) in [5, 5.41) is 5.27. The van der Waals surface area contributed by atoms with Gasteiger partial charge < -0.3 is 4.74 Å². The summed E-state index contributed by atoms with van der Waals surface area (Å²) in [6.07, 6.45) is 1.75. The van der Waals surface area contributed by atoms with E-state index in [4.69, 9.17) is 4.74 Å². The molecule has 1 N–H and O–H groups in total. The summed E-state index contributed by atoms with van der Waals surface area (Å²) >= 11 is 3.46. The third-order valence-corrected chi connectivity index (χ3v) is 4.73. The summed E-state index contributed by atoms with van der Waals surface area (Å²) in [7, 11) is 1.65. The number of aromatic nitrogens is 2. The molecule has 0 aliphatic carbocycles. The van der Waals surface area contributed by atoms with Crippen LogP contribution < -0.4 is 10.2 Å². The molecule has 1 heterocycles. The zero-order valence-electron chi connectivity index (χ0n) is 15.1. The number of hydrogen-bond acceptors (Lipinski definition) is 5. The fourth-order valence-corrected chi connectivity index (χ4v) is 3.01. The molecule has 0 fully saturated rings. The van der Waals surface area contributed by atoms with Crippen molar-refractivity contribution in [2.45, 2.75) is 0 Å². The zero-order chi connectivity index (χ0) is 19.3. The van der Waals surface area contributed by atoms with Crippen LogP contribution in [0, 0.1) is 0 Å². The molecule has 0 atom stereocenters. The smallest absolute Gasteiger partial charge is 0.162 e. The number of hydrazone groups is 1. The highest BCUT2D eigenvalue weighted by Crippen LogP contribution is 2.25. The van der Waals surface area contributed by atoms with E-state index in [1.165, 1.54) is 0 Å². The predicted octanol–water partition coefficient (Wildman–Crippen LogP) is 5.51. The molecule has 0 radical (unpaired) electrons. The molecule has 6 heteroatoms. The van der Waals surface area contributed by atoms with Crippen LogP contribution in [-0.4, -0.2) is 23.3 Å². The summed E-state index contributed by atoms with van der Waals surface area (Å²) in [5.74, 6) is 2.12. The lowest BCUT2D eigenvalue weighted by molar-refractivity contribution is 0.415. The van der Waals surface area contributed by atoms with Crippen LogP contribution in [-0.2, 0) is 0 Å². The van der Waals surface area contributed by atoms with Crippen LogP contribution in [0.1, 0.15) is 5.56 Å². The van der Waals surface area contributed by atoms with E-state index in [2.05, 4.69) is 36.4 Å². The van der Waals surface area contributed by atoms with Gasteiger partial charge in [-0.1, -0.05) is 40.2 Å². The Labute approximate surface area is 171 Å². The van der Waals surface area contributed by atoms with Crippen molar-refractivity contribution in [3.8, 4) is 17.1 Å². The number of hydrogen-bond donors (Lipinski definition) is 1. The lowest BCUT2D eigenvalue weighted by Crippen LogP contribution is -1.99. The molecule has 0 spiro atoms. The van der Waals surface area contributed by atoms with Crippen LogP contribution in [0.25, 0.3) is 22.3 Å². The second kappa shape index (κ2) is 8.19. The van der Waals surface area contributed by atoms with Gasteiger partial charge in [-0.25, -0.2) is 9.97 Å². The van der Waals surface area contributed by atoms with Crippen molar-refractivity contribution in [1.82, 2.24) is 9.97 Å². The highest BCUT2D eigenvalue weighted by Gasteiger charge is 2.08. The Morgan fingerprint density at radius 1 is 0.929 bits per heavy atom. The number of ether oxygens (including phenoxy) is 1. The third kappa shape index (κ3) is 4.02. The van der Waals surface area contributed by atoms with E-state index in [9.17, 15) is 0 Å². The van der Waals surface area contributed by atoms with Gasteiger partial charge in [0.2, 0.25) is 0 Å². The van der Waals surface area contributed by atoms with Gasteiger partial charge >= 0.3 is 0 Å². The van der Waals surface area contributed by atoms with E-state index < -0.39 is 0 Å². The average molecular weight is 433 g/mol. The molecule has 0 aliphatic rings. The fourth-order valence-electron chi connectivity index (χ4n) is 2.75.